The topological polar surface area (TPSA) is 90.1 Å². The molecule has 10 heteroatoms. The standard InChI is InChI=1S/C34H27Br3N2O5/c1-17-12-23(37)13-18(2)32(17)39-34-31(29-16-25(19(3)40)20(4)44-29)24-8-6-21(35)14-26(24)33(34)38-27-15-22(36)7-9-28(27)43-11-10-30(41)42-5/h6-16H,1-5H3,(H,38,39)/b11-10+. The summed E-state index contributed by atoms with van der Waals surface area (Å²) in [5, 5.41) is 3.69. The van der Waals surface area contributed by atoms with E-state index in [1.165, 1.54) is 26.4 Å². The first-order valence-electron chi connectivity index (χ1n) is 13.5. The van der Waals surface area contributed by atoms with Gasteiger partial charge in [0.15, 0.2) is 11.5 Å². The van der Waals surface area contributed by atoms with E-state index in [0.29, 0.717) is 39.9 Å². The number of allylic oxidation sites excluding steroid dienone is 1. The molecular weight excluding hydrogens is 756 g/mol. The van der Waals surface area contributed by atoms with E-state index in [4.69, 9.17) is 14.1 Å². The molecule has 1 aliphatic carbocycles. The number of rotatable bonds is 8. The summed E-state index contributed by atoms with van der Waals surface area (Å²) in [6.45, 7) is 7.39. The Hall–Kier alpha value is -3.73. The van der Waals surface area contributed by atoms with E-state index < -0.39 is 5.97 Å². The summed E-state index contributed by atoms with van der Waals surface area (Å²) in [5.41, 5.74) is 7.84. The van der Waals surface area contributed by atoms with Gasteiger partial charge in [-0.25, -0.2) is 9.79 Å². The van der Waals surface area contributed by atoms with Crippen molar-refractivity contribution in [2.24, 2.45) is 4.99 Å². The van der Waals surface area contributed by atoms with Gasteiger partial charge in [-0.05, 0) is 92.9 Å². The van der Waals surface area contributed by atoms with Gasteiger partial charge in [-0.3, -0.25) is 4.79 Å². The summed E-state index contributed by atoms with van der Waals surface area (Å²) in [6.07, 6.45) is 2.46. The van der Waals surface area contributed by atoms with Crippen molar-refractivity contribution in [2.45, 2.75) is 27.7 Å². The smallest absolute Gasteiger partial charge is 0.333 e. The van der Waals surface area contributed by atoms with Gasteiger partial charge in [-0.2, -0.15) is 0 Å². The van der Waals surface area contributed by atoms with Gasteiger partial charge in [0.05, 0.1) is 42.0 Å². The minimum Gasteiger partial charge on any atom is -0.466 e. The highest BCUT2D eigenvalue weighted by molar-refractivity contribution is 9.11. The van der Waals surface area contributed by atoms with Crippen molar-refractivity contribution in [2.75, 3.05) is 12.4 Å². The van der Waals surface area contributed by atoms with E-state index >= 15 is 0 Å². The molecule has 0 aliphatic heterocycles. The fourth-order valence-corrected chi connectivity index (χ4v) is 6.43. The van der Waals surface area contributed by atoms with E-state index in [-0.39, 0.29) is 5.78 Å². The number of Topliss-reactive ketones (excluding diaryl/α,β-unsaturated/α-hetero) is 1. The maximum Gasteiger partial charge on any atom is 0.333 e. The number of benzene rings is 3. The van der Waals surface area contributed by atoms with Gasteiger partial charge in [0, 0.05) is 24.7 Å². The maximum atomic E-state index is 12.4. The molecule has 0 fully saturated rings. The molecule has 0 saturated heterocycles. The van der Waals surface area contributed by atoms with Crippen LogP contribution in [0.15, 0.2) is 95.5 Å². The number of methoxy groups -OCH3 is 1. The van der Waals surface area contributed by atoms with E-state index in [1.807, 2.05) is 56.3 Å². The number of nitrogens with one attached hydrogen (secondary N) is 1. The van der Waals surface area contributed by atoms with Crippen molar-refractivity contribution >= 4 is 82.2 Å². The molecule has 224 valence electrons. The molecule has 1 heterocycles. The zero-order valence-corrected chi connectivity index (χ0v) is 29.2. The predicted molar refractivity (Wildman–Crippen MR) is 183 cm³/mol. The Balaban J connectivity index is 1.79. The number of nitrogens with zero attached hydrogens (tertiary/aromatic N) is 1. The van der Waals surface area contributed by atoms with E-state index in [9.17, 15) is 9.59 Å². The number of ketones is 1. The quantitative estimate of drug-likeness (QED) is 0.0829. The molecule has 1 aliphatic rings. The predicted octanol–water partition coefficient (Wildman–Crippen LogP) is 9.77. The normalized spacial score (nSPS) is 13.5. The van der Waals surface area contributed by atoms with Gasteiger partial charge in [-0.15, -0.1) is 0 Å². The molecule has 1 aromatic heterocycles. The Morgan fingerprint density at radius 3 is 2.23 bits per heavy atom. The number of aliphatic imine (C=N–C) groups is 1. The first-order valence-corrected chi connectivity index (χ1v) is 15.8. The van der Waals surface area contributed by atoms with Gasteiger partial charge in [0.25, 0.3) is 0 Å². The Kier molecular flexibility index (Phi) is 9.43. The molecule has 0 radical (unpaired) electrons. The molecular formula is C34H27Br3N2O5. The van der Waals surface area contributed by atoms with Crippen LogP contribution in [-0.4, -0.2) is 24.6 Å². The third-order valence-corrected chi connectivity index (χ3v) is 8.48. The zero-order valence-electron chi connectivity index (χ0n) is 24.5. The highest BCUT2D eigenvalue weighted by Gasteiger charge is 2.33. The number of hydrogen-bond donors (Lipinski definition) is 1. The monoisotopic (exact) mass is 780 g/mol. The molecule has 0 saturated carbocycles. The maximum absolute atomic E-state index is 12.4. The van der Waals surface area contributed by atoms with Crippen LogP contribution in [0.1, 0.15) is 51.1 Å². The fraction of sp³-hybridized carbons (Fsp3) is 0.147. The molecule has 0 atom stereocenters. The molecule has 0 amide bonds. The number of fused-ring (bicyclic) bond motifs is 1. The van der Waals surface area contributed by atoms with Crippen molar-refractivity contribution in [3.8, 4) is 5.75 Å². The van der Waals surface area contributed by atoms with Crippen LogP contribution >= 0.6 is 47.8 Å². The summed E-state index contributed by atoms with van der Waals surface area (Å²) in [5.74, 6) is 0.894. The first kappa shape index (κ1) is 31.7. The third-order valence-electron chi connectivity index (χ3n) is 7.04. The van der Waals surface area contributed by atoms with Crippen LogP contribution in [-0.2, 0) is 9.53 Å². The molecule has 0 spiro atoms. The largest absolute Gasteiger partial charge is 0.466 e. The number of anilines is 1. The van der Waals surface area contributed by atoms with E-state index in [2.05, 4.69) is 57.8 Å². The SMILES string of the molecule is COC(=O)/C=C/Oc1ccc(Br)cc1N=C1C(Nc2c(C)cc(Br)cc2C)=C(c2cc(C(C)=O)c(C)o2)c2ccc(Br)cc21. The lowest BCUT2D eigenvalue weighted by atomic mass is 10.0. The Morgan fingerprint density at radius 2 is 1.57 bits per heavy atom. The van der Waals surface area contributed by atoms with Crippen molar-refractivity contribution < 1.29 is 23.5 Å². The summed E-state index contributed by atoms with van der Waals surface area (Å²) < 4.78 is 19.4. The minimum absolute atomic E-state index is 0.0777. The minimum atomic E-state index is -0.539. The summed E-state index contributed by atoms with van der Waals surface area (Å²) >= 11 is 10.8. The van der Waals surface area contributed by atoms with Gasteiger partial charge in [0.1, 0.15) is 17.2 Å². The van der Waals surface area contributed by atoms with Crippen LogP contribution < -0.4 is 10.1 Å². The number of ether oxygens (including phenoxy) is 2. The second-order valence-electron chi connectivity index (χ2n) is 10.1. The molecule has 1 N–H and O–H groups in total. The average Bonchev–Trinajstić information content (AvgIpc) is 3.48. The van der Waals surface area contributed by atoms with Crippen LogP contribution in [0.5, 0.6) is 5.75 Å². The Labute approximate surface area is 280 Å². The van der Waals surface area contributed by atoms with Crippen LogP contribution in [0.25, 0.3) is 5.57 Å². The van der Waals surface area contributed by atoms with Gasteiger partial charge < -0.3 is 19.2 Å². The molecule has 0 bridgehead atoms. The Bertz CT molecular complexity index is 1900. The first-order chi connectivity index (χ1) is 21.0. The molecule has 0 unspecified atom stereocenters. The second-order valence-corrected chi connectivity index (χ2v) is 12.9. The van der Waals surface area contributed by atoms with Crippen LogP contribution in [0.2, 0.25) is 0 Å². The highest BCUT2D eigenvalue weighted by Crippen LogP contribution is 2.43. The fourth-order valence-electron chi connectivity index (χ4n) is 5.03. The third kappa shape index (κ3) is 6.52. The molecule has 3 aromatic carbocycles. The number of halogens is 3. The van der Waals surface area contributed by atoms with Gasteiger partial charge >= 0.3 is 5.97 Å². The lowest BCUT2D eigenvalue weighted by Gasteiger charge is -2.17. The summed E-state index contributed by atoms with van der Waals surface area (Å²) in [6, 6.07) is 17.3. The average molecular weight is 783 g/mol. The molecule has 5 rings (SSSR count). The van der Waals surface area contributed by atoms with Crippen molar-refractivity contribution in [3.05, 3.63) is 125 Å². The number of carbonyl (C=O) groups is 2. The summed E-state index contributed by atoms with van der Waals surface area (Å²) in [4.78, 5) is 29.2. The second kappa shape index (κ2) is 13.1. The Morgan fingerprint density at radius 1 is 0.886 bits per heavy atom. The van der Waals surface area contributed by atoms with Crippen LogP contribution in [0.4, 0.5) is 11.4 Å². The van der Waals surface area contributed by atoms with Gasteiger partial charge in [-0.1, -0.05) is 53.9 Å². The molecule has 4 aromatic rings. The van der Waals surface area contributed by atoms with Crippen molar-refractivity contribution in [1.82, 2.24) is 0 Å². The van der Waals surface area contributed by atoms with Crippen LogP contribution in [0.3, 0.4) is 0 Å². The van der Waals surface area contributed by atoms with Crippen LogP contribution in [0, 0.1) is 20.8 Å². The molecule has 7 nitrogen and oxygen atoms in total. The lowest BCUT2D eigenvalue weighted by molar-refractivity contribution is -0.134. The summed E-state index contributed by atoms with van der Waals surface area (Å²) in [7, 11) is 1.30. The van der Waals surface area contributed by atoms with E-state index in [0.717, 1.165) is 46.9 Å². The number of aryl methyl sites for hydroxylation is 3. The number of esters is 1. The highest BCUT2D eigenvalue weighted by atomic mass is 79.9. The number of furan rings is 1. The van der Waals surface area contributed by atoms with Crippen molar-refractivity contribution in [3.63, 3.8) is 0 Å². The zero-order chi connectivity index (χ0) is 31.7. The number of hydrogen-bond acceptors (Lipinski definition) is 7. The van der Waals surface area contributed by atoms with Gasteiger partial charge in [0.2, 0.25) is 0 Å². The lowest BCUT2D eigenvalue weighted by Crippen LogP contribution is -2.12. The molecule has 44 heavy (non-hydrogen) atoms. The number of carbonyl (C=O) groups excluding carboxylic acids is 2. The van der Waals surface area contributed by atoms with Crippen molar-refractivity contribution in [1.29, 1.82) is 0 Å². The van der Waals surface area contributed by atoms with E-state index in [1.54, 1.807) is 19.1 Å².